The van der Waals surface area contributed by atoms with Gasteiger partial charge in [0.2, 0.25) is 0 Å². The Balaban J connectivity index is 2.48. The van der Waals surface area contributed by atoms with Gasteiger partial charge in [0.25, 0.3) is 10.0 Å². The Morgan fingerprint density at radius 1 is 1.19 bits per heavy atom. The number of anilines is 1. The normalized spacial score (nSPS) is 11.4. The van der Waals surface area contributed by atoms with E-state index in [0.717, 1.165) is 6.07 Å². The second-order valence-electron chi connectivity index (χ2n) is 4.16. The summed E-state index contributed by atoms with van der Waals surface area (Å²) in [5.74, 6) is -2.00. The number of nitrogens with one attached hydrogen (secondary N) is 1. The third-order valence-corrected chi connectivity index (χ3v) is 4.47. The fourth-order valence-electron chi connectivity index (χ4n) is 1.76. The highest BCUT2D eigenvalue weighted by atomic mass is 35.5. The predicted octanol–water partition coefficient (Wildman–Crippen LogP) is 2.88. The molecular weight excluding hydrogens is 322 g/mol. The van der Waals surface area contributed by atoms with Crippen molar-refractivity contribution in [2.45, 2.75) is 11.4 Å². The van der Waals surface area contributed by atoms with Crippen molar-refractivity contribution >= 4 is 27.3 Å². The first-order valence-corrected chi connectivity index (χ1v) is 7.66. The van der Waals surface area contributed by atoms with E-state index >= 15 is 0 Å². The van der Waals surface area contributed by atoms with Crippen molar-refractivity contribution in [1.82, 2.24) is 0 Å². The lowest BCUT2D eigenvalue weighted by Crippen LogP contribution is -2.17. The fourth-order valence-corrected chi connectivity index (χ4v) is 3.40. The largest absolute Gasteiger partial charge is 0.326 e. The summed E-state index contributed by atoms with van der Waals surface area (Å²) in [4.78, 5) is -0.0905. The van der Waals surface area contributed by atoms with Crippen molar-refractivity contribution in [2.75, 3.05) is 4.72 Å². The van der Waals surface area contributed by atoms with Crippen molar-refractivity contribution in [1.29, 1.82) is 0 Å². The van der Waals surface area contributed by atoms with E-state index in [1.54, 1.807) is 6.07 Å². The lowest BCUT2D eigenvalue weighted by atomic mass is 10.2. The van der Waals surface area contributed by atoms with Crippen LogP contribution >= 0.6 is 11.6 Å². The average Bonchev–Trinajstić information content (AvgIpc) is 2.43. The average molecular weight is 333 g/mol. The Morgan fingerprint density at radius 3 is 2.48 bits per heavy atom. The summed E-state index contributed by atoms with van der Waals surface area (Å²) in [6, 6.07) is 7.37. The quantitative estimate of drug-likeness (QED) is 0.904. The van der Waals surface area contributed by atoms with Crippen LogP contribution in [0.15, 0.2) is 41.3 Å². The molecule has 0 saturated carbocycles. The van der Waals surface area contributed by atoms with E-state index in [-0.39, 0.29) is 16.5 Å². The van der Waals surface area contributed by atoms with Crippen LogP contribution < -0.4 is 10.5 Å². The summed E-state index contributed by atoms with van der Waals surface area (Å²) >= 11 is 5.67. The molecule has 0 aliphatic rings. The molecule has 3 N–H and O–H groups in total. The highest BCUT2D eigenvalue weighted by Crippen LogP contribution is 2.29. The minimum atomic E-state index is -4.09. The Bertz CT molecular complexity index is 758. The van der Waals surface area contributed by atoms with E-state index in [1.165, 1.54) is 18.2 Å². The molecule has 112 valence electrons. The number of nitrogens with two attached hydrogens (primary N) is 1. The van der Waals surface area contributed by atoms with Gasteiger partial charge in [0.05, 0.1) is 9.92 Å². The molecule has 2 aromatic carbocycles. The zero-order valence-electron chi connectivity index (χ0n) is 10.6. The van der Waals surface area contributed by atoms with Gasteiger partial charge in [-0.1, -0.05) is 29.8 Å². The van der Waals surface area contributed by atoms with Gasteiger partial charge in [0.15, 0.2) is 5.82 Å². The van der Waals surface area contributed by atoms with Gasteiger partial charge in [0, 0.05) is 12.6 Å². The summed E-state index contributed by atoms with van der Waals surface area (Å²) in [5.41, 5.74) is 5.33. The van der Waals surface area contributed by atoms with Crippen molar-refractivity contribution in [3.8, 4) is 0 Å². The number of rotatable bonds is 4. The summed E-state index contributed by atoms with van der Waals surface area (Å²) in [7, 11) is -4.09. The van der Waals surface area contributed by atoms with Crippen LogP contribution in [0.5, 0.6) is 0 Å². The van der Waals surface area contributed by atoms with Crippen LogP contribution in [0, 0.1) is 11.6 Å². The van der Waals surface area contributed by atoms with Gasteiger partial charge in [-0.25, -0.2) is 17.2 Å². The minimum Gasteiger partial charge on any atom is -0.326 e. The van der Waals surface area contributed by atoms with E-state index in [0.29, 0.717) is 11.6 Å². The SMILES string of the molecule is NCc1ccccc1S(=O)(=O)Nc1c(F)cc(F)cc1Cl. The maximum absolute atomic E-state index is 13.7. The van der Waals surface area contributed by atoms with Crippen LogP contribution in [0.1, 0.15) is 5.56 Å². The zero-order chi connectivity index (χ0) is 15.6. The molecular formula is C13H11ClF2N2O2S. The summed E-state index contributed by atoms with van der Waals surface area (Å²) in [6.45, 7) is -0.00326. The first-order valence-electron chi connectivity index (χ1n) is 5.80. The molecule has 0 spiro atoms. The molecule has 21 heavy (non-hydrogen) atoms. The van der Waals surface area contributed by atoms with E-state index in [9.17, 15) is 17.2 Å². The second kappa shape index (κ2) is 5.97. The lowest BCUT2D eigenvalue weighted by Gasteiger charge is -2.13. The van der Waals surface area contributed by atoms with Gasteiger partial charge in [-0.05, 0) is 17.7 Å². The smallest absolute Gasteiger partial charge is 0.262 e. The van der Waals surface area contributed by atoms with Crippen molar-refractivity contribution in [3.05, 3.63) is 58.6 Å². The molecule has 0 aliphatic heterocycles. The third kappa shape index (κ3) is 3.31. The van der Waals surface area contributed by atoms with Gasteiger partial charge in [0.1, 0.15) is 11.5 Å². The Kier molecular flexibility index (Phi) is 4.46. The lowest BCUT2D eigenvalue weighted by molar-refractivity contribution is 0.582. The molecule has 0 atom stereocenters. The molecule has 0 bridgehead atoms. The van der Waals surface area contributed by atoms with Crippen LogP contribution in [0.2, 0.25) is 5.02 Å². The van der Waals surface area contributed by atoms with Crippen molar-refractivity contribution in [2.24, 2.45) is 5.73 Å². The Labute approximate surface area is 125 Å². The molecule has 0 heterocycles. The molecule has 0 saturated heterocycles. The monoisotopic (exact) mass is 332 g/mol. The molecule has 2 aromatic rings. The van der Waals surface area contributed by atoms with Crippen molar-refractivity contribution < 1.29 is 17.2 Å². The maximum atomic E-state index is 13.7. The predicted molar refractivity (Wildman–Crippen MR) is 76.5 cm³/mol. The molecule has 0 amide bonds. The van der Waals surface area contributed by atoms with E-state index in [2.05, 4.69) is 0 Å². The Morgan fingerprint density at radius 2 is 1.86 bits per heavy atom. The van der Waals surface area contributed by atoms with E-state index < -0.39 is 27.3 Å². The number of halogens is 3. The van der Waals surface area contributed by atoms with Crippen LogP contribution in [-0.2, 0) is 16.6 Å². The van der Waals surface area contributed by atoms with Crippen LogP contribution in [-0.4, -0.2) is 8.42 Å². The van der Waals surface area contributed by atoms with Crippen LogP contribution in [0.4, 0.5) is 14.5 Å². The van der Waals surface area contributed by atoms with Crippen LogP contribution in [0.25, 0.3) is 0 Å². The topological polar surface area (TPSA) is 72.2 Å². The highest BCUT2D eigenvalue weighted by Gasteiger charge is 2.21. The standard InChI is InChI=1S/C13H11ClF2N2O2S/c14-10-5-9(15)6-11(16)13(10)18-21(19,20)12-4-2-1-3-8(12)7-17/h1-6,18H,7,17H2. The molecule has 0 radical (unpaired) electrons. The number of hydrogen-bond donors (Lipinski definition) is 2. The summed E-state index contributed by atoms with van der Waals surface area (Å²) in [6.07, 6.45) is 0. The highest BCUT2D eigenvalue weighted by molar-refractivity contribution is 7.92. The first kappa shape index (κ1) is 15.7. The molecule has 0 fully saturated rings. The molecule has 2 rings (SSSR count). The molecule has 4 nitrogen and oxygen atoms in total. The van der Waals surface area contributed by atoms with Gasteiger partial charge in [-0.2, -0.15) is 0 Å². The fraction of sp³-hybridized carbons (Fsp3) is 0.0769. The molecule has 0 aromatic heterocycles. The summed E-state index contributed by atoms with van der Waals surface area (Å²) < 4.78 is 53.2. The Hall–Kier alpha value is -1.70. The van der Waals surface area contributed by atoms with Gasteiger partial charge >= 0.3 is 0 Å². The van der Waals surface area contributed by atoms with Gasteiger partial charge < -0.3 is 5.73 Å². The molecule has 0 aliphatic carbocycles. The zero-order valence-corrected chi connectivity index (χ0v) is 12.2. The van der Waals surface area contributed by atoms with E-state index in [4.69, 9.17) is 17.3 Å². The van der Waals surface area contributed by atoms with Crippen molar-refractivity contribution in [3.63, 3.8) is 0 Å². The number of sulfonamides is 1. The second-order valence-corrected chi connectivity index (χ2v) is 6.22. The van der Waals surface area contributed by atoms with Gasteiger partial charge in [-0.15, -0.1) is 0 Å². The number of hydrogen-bond acceptors (Lipinski definition) is 3. The number of benzene rings is 2. The third-order valence-electron chi connectivity index (χ3n) is 2.73. The van der Waals surface area contributed by atoms with E-state index in [1.807, 2.05) is 4.72 Å². The van der Waals surface area contributed by atoms with Crippen LogP contribution in [0.3, 0.4) is 0 Å². The van der Waals surface area contributed by atoms with Gasteiger partial charge in [-0.3, -0.25) is 4.72 Å². The minimum absolute atomic E-state index is 0.00326. The molecule has 8 heteroatoms. The first-order chi connectivity index (χ1) is 9.85. The maximum Gasteiger partial charge on any atom is 0.262 e. The molecule has 0 unspecified atom stereocenters. The summed E-state index contributed by atoms with van der Waals surface area (Å²) in [5, 5.41) is -0.374.